The van der Waals surface area contributed by atoms with Gasteiger partial charge >= 0.3 is 0 Å². The summed E-state index contributed by atoms with van der Waals surface area (Å²) in [7, 11) is 0. The van der Waals surface area contributed by atoms with Crippen LogP contribution < -0.4 is 5.32 Å². The molecule has 1 aromatic carbocycles. The lowest BCUT2D eigenvalue weighted by atomic mass is 10.1. The van der Waals surface area contributed by atoms with Gasteiger partial charge < -0.3 is 0 Å². The molecular formula is C18H14N2O2S2. The molecule has 0 atom stereocenters. The first-order valence-electron chi connectivity index (χ1n) is 7.22. The maximum Gasteiger partial charge on any atom is 0.250 e. The van der Waals surface area contributed by atoms with Gasteiger partial charge in [-0.1, -0.05) is 41.7 Å². The normalized spacial score (nSPS) is 10.9. The van der Waals surface area contributed by atoms with E-state index in [0.29, 0.717) is 15.7 Å². The monoisotopic (exact) mass is 354 g/mol. The first-order valence-corrected chi connectivity index (χ1v) is 8.98. The number of anilines is 1. The number of nitrogens with one attached hydrogen (secondary N) is 1. The molecule has 0 saturated heterocycles. The summed E-state index contributed by atoms with van der Waals surface area (Å²) < 4.78 is 0. The number of amides is 1. The zero-order chi connectivity index (χ0) is 16.9. The molecule has 0 aliphatic rings. The van der Waals surface area contributed by atoms with Gasteiger partial charge in [0.15, 0.2) is 10.9 Å². The Morgan fingerprint density at radius 1 is 1.17 bits per heavy atom. The smallest absolute Gasteiger partial charge is 0.250 e. The van der Waals surface area contributed by atoms with Crippen molar-refractivity contribution in [1.82, 2.24) is 4.98 Å². The van der Waals surface area contributed by atoms with Crippen molar-refractivity contribution in [2.45, 2.75) is 6.92 Å². The number of ketones is 1. The minimum atomic E-state index is -0.273. The average Bonchev–Trinajstić information content (AvgIpc) is 3.23. The molecule has 120 valence electrons. The van der Waals surface area contributed by atoms with Crippen LogP contribution in [-0.2, 0) is 4.79 Å². The molecule has 0 unspecified atom stereocenters. The summed E-state index contributed by atoms with van der Waals surface area (Å²) in [6, 6.07) is 11.4. The molecule has 0 fully saturated rings. The molecule has 2 heterocycles. The predicted octanol–water partition coefficient (Wildman–Crippen LogP) is 4.73. The van der Waals surface area contributed by atoms with Gasteiger partial charge in [0.05, 0.1) is 10.6 Å². The van der Waals surface area contributed by atoms with Crippen LogP contribution in [0, 0.1) is 0 Å². The van der Waals surface area contributed by atoms with E-state index in [9.17, 15) is 9.59 Å². The largest absolute Gasteiger partial charge is 0.298 e. The van der Waals surface area contributed by atoms with Crippen molar-refractivity contribution in [3.8, 4) is 11.3 Å². The van der Waals surface area contributed by atoms with Crippen LogP contribution in [-0.4, -0.2) is 16.7 Å². The van der Waals surface area contributed by atoms with E-state index >= 15 is 0 Å². The highest BCUT2D eigenvalue weighted by atomic mass is 32.1. The van der Waals surface area contributed by atoms with Crippen molar-refractivity contribution in [2.75, 3.05) is 5.32 Å². The standard InChI is InChI=1S/C18H14N2O2S2/c1-12(21)17-16(14-5-3-2-4-6-14)20-18(24-17)19-15(22)8-7-13-9-10-23-11-13/h2-11H,1H3,(H,19,20,22)/b8-7+. The third-order valence-electron chi connectivity index (χ3n) is 3.19. The van der Waals surface area contributed by atoms with Crippen molar-refractivity contribution >= 4 is 45.6 Å². The first-order chi connectivity index (χ1) is 11.6. The van der Waals surface area contributed by atoms with E-state index in [-0.39, 0.29) is 11.7 Å². The molecule has 1 amide bonds. The van der Waals surface area contributed by atoms with Gasteiger partial charge in [-0.2, -0.15) is 11.3 Å². The summed E-state index contributed by atoms with van der Waals surface area (Å²) in [5.41, 5.74) is 2.43. The lowest BCUT2D eigenvalue weighted by Crippen LogP contribution is -2.07. The molecule has 2 aromatic heterocycles. The van der Waals surface area contributed by atoms with E-state index in [1.807, 2.05) is 47.2 Å². The SMILES string of the molecule is CC(=O)c1sc(NC(=O)/C=C/c2ccsc2)nc1-c1ccccc1. The number of carbonyl (C=O) groups is 2. The second-order valence-electron chi connectivity index (χ2n) is 5.00. The number of hydrogen-bond acceptors (Lipinski definition) is 5. The van der Waals surface area contributed by atoms with Gasteiger partial charge in [0, 0.05) is 18.6 Å². The molecule has 0 saturated carbocycles. The van der Waals surface area contributed by atoms with Gasteiger partial charge in [-0.25, -0.2) is 4.98 Å². The lowest BCUT2D eigenvalue weighted by molar-refractivity contribution is -0.111. The van der Waals surface area contributed by atoms with Gasteiger partial charge in [0.2, 0.25) is 5.91 Å². The van der Waals surface area contributed by atoms with E-state index < -0.39 is 0 Å². The third kappa shape index (κ3) is 3.84. The fraction of sp³-hybridized carbons (Fsp3) is 0.0556. The van der Waals surface area contributed by atoms with E-state index in [2.05, 4.69) is 10.3 Å². The Morgan fingerprint density at radius 2 is 1.96 bits per heavy atom. The molecule has 0 spiro atoms. The Labute approximate surface area is 147 Å². The Morgan fingerprint density at radius 3 is 2.62 bits per heavy atom. The summed E-state index contributed by atoms with van der Waals surface area (Å²) in [6.07, 6.45) is 3.20. The van der Waals surface area contributed by atoms with Crippen molar-refractivity contribution in [3.05, 3.63) is 63.7 Å². The molecule has 3 rings (SSSR count). The minimum absolute atomic E-state index is 0.0688. The fourth-order valence-electron chi connectivity index (χ4n) is 2.09. The first kappa shape index (κ1) is 16.3. The molecule has 0 aliphatic carbocycles. The van der Waals surface area contributed by atoms with E-state index in [4.69, 9.17) is 0 Å². The van der Waals surface area contributed by atoms with Crippen LogP contribution >= 0.6 is 22.7 Å². The summed E-state index contributed by atoms with van der Waals surface area (Å²) in [4.78, 5) is 28.8. The summed E-state index contributed by atoms with van der Waals surface area (Å²) >= 11 is 2.76. The molecule has 0 aliphatic heterocycles. The molecule has 6 heteroatoms. The van der Waals surface area contributed by atoms with Crippen molar-refractivity contribution in [3.63, 3.8) is 0 Å². The quantitative estimate of drug-likeness (QED) is 0.532. The van der Waals surface area contributed by atoms with Gasteiger partial charge in [-0.3, -0.25) is 14.9 Å². The minimum Gasteiger partial charge on any atom is -0.298 e. The molecule has 4 nitrogen and oxygen atoms in total. The highest BCUT2D eigenvalue weighted by Gasteiger charge is 2.17. The van der Waals surface area contributed by atoms with Gasteiger partial charge in [0.25, 0.3) is 0 Å². The van der Waals surface area contributed by atoms with Crippen LogP contribution in [0.25, 0.3) is 17.3 Å². The Balaban J connectivity index is 1.82. The number of thiophene rings is 1. The second kappa shape index (κ2) is 7.33. The number of carbonyl (C=O) groups excluding carboxylic acids is 2. The van der Waals surface area contributed by atoms with Gasteiger partial charge in [-0.05, 0) is 28.5 Å². The van der Waals surface area contributed by atoms with E-state index in [1.54, 1.807) is 17.4 Å². The van der Waals surface area contributed by atoms with Crippen LogP contribution in [0.15, 0.2) is 53.2 Å². The highest BCUT2D eigenvalue weighted by molar-refractivity contribution is 7.18. The molecule has 0 radical (unpaired) electrons. The fourth-order valence-corrected chi connectivity index (χ4v) is 3.61. The zero-order valence-electron chi connectivity index (χ0n) is 12.9. The molecule has 1 N–H and O–H groups in total. The summed E-state index contributed by atoms with van der Waals surface area (Å²) in [5.74, 6) is -0.342. The average molecular weight is 354 g/mol. The number of aromatic nitrogens is 1. The van der Waals surface area contributed by atoms with Crippen LogP contribution in [0.5, 0.6) is 0 Å². The molecular weight excluding hydrogens is 340 g/mol. The van der Waals surface area contributed by atoms with Crippen LogP contribution in [0.2, 0.25) is 0 Å². The number of rotatable bonds is 5. The lowest BCUT2D eigenvalue weighted by Gasteiger charge is -1.98. The van der Waals surface area contributed by atoms with Crippen molar-refractivity contribution < 1.29 is 9.59 Å². The van der Waals surface area contributed by atoms with E-state index in [1.165, 1.54) is 24.3 Å². The molecule has 0 bridgehead atoms. The maximum atomic E-state index is 12.0. The zero-order valence-corrected chi connectivity index (χ0v) is 14.5. The van der Waals surface area contributed by atoms with Crippen molar-refractivity contribution in [2.24, 2.45) is 0 Å². The van der Waals surface area contributed by atoms with Crippen LogP contribution in [0.3, 0.4) is 0 Å². The van der Waals surface area contributed by atoms with Crippen LogP contribution in [0.4, 0.5) is 5.13 Å². The number of hydrogen-bond donors (Lipinski definition) is 1. The molecule has 24 heavy (non-hydrogen) atoms. The molecule has 3 aromatic rings. The van der Waals surface area contributed by atoms with E-state index in [0.717, 1.165) is 11.1 Å². The number of benzene rings is 1. The second-order valence-corrected chi connectivity index (χ2v) is 6.78. The maximum absolute atomic E-state index is 12.0. The predicted molar refractivity (Wildman–Crippen MR) is 99.5 cm³/mol. The van der Waals surface area contributed by atoms with Crippen molar-refractivity contribution in [1.29, 1.82) is 0 Å². The number of thiazole rings is 1. The number of nitrogens with zero attached hydrogens (tertiary/aromatic N) is 1. The number of Topliss-reactive ketones (excluding diaryl/α,β-unsaturated/α-hetero) is 1. The van der Waals surface area contributed by atoms with Gasteiger partial charge in [-0.15, -0.1) is 0 Å². The summed E-state index contributed by atoms with van der Waals surface area (Å²) in [5, 5.41) is 7.04. The Bertz CT molecular complexity index is 881. The summed E-state index contributed by atoms with van der Waals surface area (Å²) in [6.45, 7) is 1.50. The third-order valence-corrected chi connectivity index (χ3v) is 4.97. The van der Waals surface area contributed by atoms with Crippen LogP contribution in [0.1, 0.15) is 22.2 Å². The topological polar surface area (TPSA) is 59.1 Å². The van der Waals surface area contributed by atoms with Gasteiger partial charge in [0.1, 0.15) is 0 Å². The highest BCUT2D eigenvalue weighted by Crippen LogP contribution is 2.31. The Kier molecular flexibility index (Phi) is 4.98. The Hall–Kier alpha value is -2.57.